The van der Waals surface area contributed by atoms with E-state index < -0.39 is 0 Å². The normalized spacial score (nSPS) is 16.9. The highest BCUT2D eigenvalue weighted by Gasteiger charge is 2.17. The van der Waals surface area contributed by atoms with E-state index in [0.29, 0.717) is 25.8 Å². The molecule has 1 aliphatic heterocycles. The molecule has 2 amide bonds. The summed E-state index contributed by atoms with van der Waals surface area (Å²) in [6.45, 7) is 4.06. The molecule has 0 bridgehead atoms. The van der Waals surface area contributed by atoms with Gasteiger partial charge in [0.25, 0.3) is 0 Å². The molecule has 3 N–H and O–H groups in total. The molecule has 1 heterocycles. The summed E-state index contributed by atoms with van der Waals surface area (Å²) in [5.74, 6) is 0.131. The average Bonchev–Trinajstić information content (AvgIpc) is 2.79. The molecule has 1 saturated heterocycles. The molecule has 0 aromatic rings. The van der Waals surface area contributed by atoms with Crippen LogP contribution in [0.3, 0.4) is 0 Å². The van der Waals surface area contributed by atoms with Crippen LogP contribution in [0.4, 0.5) is 0 Å². The predicted molar refractivity (Wildman–Crippen MR) is 66.3 cm³/mol. The molecule has 1 fully saturated rings. The number of likely N-dealkylation sites (tertiary alicyclic amines) is 1. The Morgan fingerprint density at radius 2 is 1.94 bits per heavy atom. The largest absolute Gasteiger partial charge is 0.356 e. The summed E-state index contributed by atoms with van der Waals surface area (Å²) in [6.07, 6.45) is 3.74. The monoisotopic (exact) mass is 241 g/mol. The maximum atomic E-state index is 11.6. The lowest BCUT2D eigenvalue weighted by atomic mass is 10.2. The van der Waals surface area contributed by atoms with Gasteiger partial charge in [-0.3, -0.25) is 9.59 Å². The molecule has 1 atom stereocenters. The lowest BCUT2D eigenvalue weighted by Gasteiger charge is -2.15. The van der Waals surface area contributed by atoms with Crippen molar-refractivity contribution in [1.29, 1.82) is 0 Å². The van der Waals surface area contributed by atoms with Gasteiger partial charge < -0.3 is 16.0 Å². The standard InChI is InChI=1S/C12H23N3O2/c1-10(13)4-5-11(16)14-7-6-12(17)15-8-2-3-9-15/h10H,2-9,13H2,1H3,(H,14,16). The van der Waals surface area contributed by atoms with Crippen LogP contribution in [0.1, 0.15) is 39.0 Å². The highest BCUT2D eigenvalue weighted by molar-refractivity contribution is 5.79. The second kappa shape index (κ2) is 7.27. The highest BCUT2D eigenvalue weighted by Crippen LogP contribution is 2.08. The number of amides is 2. The number of nitrogens with two attached hydrogens (primary N) is 1. The molecule has 0 aromatic carbocycles. The van der Waals surface area contributed by atoms with Crippen LogP contribution in [0.15, 0.2) is 0 Å². The number of hydrogen-bond donors (Lipinski definition) is 2. The minimum absolute atomic E-state index is 0.0171. The van der Waals surface area contributed by atoms with E-state index >= 15 is 0 Å². The third-order valence-electron chi connectivity index (χ3n) is 2.95. The zero-order chi connectivity index (χ0) is 12.7. The van der Waals surface area contributed by atoms with Crippen molar-refractivity contribution in [2.75, 3.05) is 19.6 Å². The molecule has 0 aliphatic carbocycles. The number of carbonyl (C=O) groups excluding carboxylic acids is 2. The minimum Gasteiger partial charge on any atom is -0.356 e. The SMILES string of the molecule is CC(N)CCC(=O)NCCC(=O)N1CCCC1. The van der Waals surface area contributed by atoms with Crippen molar-refractivity contribution in [3.63, 3.8) is 0 Å². The van der Waals surface area contributed by atoms with Crippen molar-refractivity contribution in [3.8, 4) is 0 Å². The van der Waals surface area contributed by atoms with E-state index in [1.807, 2.05) is 11.8 Å². The van der Waals surface area contributed by atoms with Gasteiger partial charge in [0.05, 0.1) is 0 Å². The molecule has 0 radical (unpaired) electrons. The summed E-state index contributed by atoms with van der Waals surface area (Å²) in [6, 6.07) is 0.0481. The quantitative estimate of drug-likeness (QED) is 0.699. The van der Waals surface area contributed by atoms with Crippen molar-refractivity contribution in [3.05, 3.63) is 0 Å². The molecule has 0 spiro atoms. The van der Waals surface area contributed by atoms with Crippen molar-refractivity contribution in [1.82, 2.24) is 10.2 Å². The minimum atomic E-state index is -0.0171. The summed E-state index contributed by atoms with van der Waals surface area (Å²) in [5.41, 5.74) is 5.56. The van der Waals surface area contributed by atoms with Gasteiger partial charge in [-0.2, -0.15) is 0 Å². The average molecular weight is 241 g/mol. The summed E-state index contributed by atoms with van der Waals surface area (Å²) < 4.78 is 0. The Morgan fingerprint density at radius 3 is 2.53 bits per heavy atom. The zero-order valence-electron chi connectivity index (χ0n) is 10.6. The first-order valence-corrected chi connectivity index (χ1v) is 6.39. The Labute approximate surface area is 103 Å². The molecule has 0 saturated carbocycles. The Morgan fingerprint density at radius 1 is 1.29 bits per heavy atom. The second-order valence-electron chi connectivity index (χ2n) is 4.70. The fraction of sp³-hybridized carbons (Fsp3) is 0.833. The molecule has 5 heteroatoms. The lowest BCUT2D eigenvalue weighted by molar-refractivity contribution is -0.130. The van der Waals surface area contributed by atoms with Crippen LogP contribution in [0.25, 0.3) is 0 Å². The molecule has 0 aromatic heterocycles. The molecule has 1 unspecified atom stereocenters. The van der Waals surface area contributed by atoms with Crippen LogP contribution in [-0.4, -0.2) is 42.4 Å². The van der Waals surface area contributed by atoms with Crippen LogP contribution in [0, 0.1) is 0 Å². The number of hydrogen-bond acceptors (Lipinski definition) is 3. The maximum absolute atomic E-state index is 11.6. The number of nitrogens with one attached hydrogen (secondary N) is 1. The Balaban J connectivity index is 2.06. The van der Waals surface area contributed by atoms with Crippen molar-refractivity contribution < 1.29 is 9.59 Å². The first kappa shape index (κ1) is 14.0. The molecule has 1 aliphatic rings. The number of nitrogens with zero attached hydrogens (tertiary/aromatic N) is 1. The van der Waals surface area contributed by atoms with Gasteiger partial charge in [-0.25, -0.2) is 0 Å². The summed E-state index contributed by atoms with van der Waals surface area (Å²) in [5, 5.41) is 2.75. The second-order valence-corrected chi connectivity index (χ2v) is 4.70. The topological polar surface area (TPSA) is 75.4 Å². The van der Waals surface area contributed by atoms with Gasteiger partial charge in [0.15, 0.2) is 0 Å². The molecule has 1 rings (SSSR count). The molecule has 5 nitrogen and oxygen atoms in total. The maximum Gasteiger partial charge on any atom is 0.224 e. The fourth-order valence-corrected chi connectivity index (χ4v) is 1.88. The summed E-state index contributed by atoms with van der Waals surface area (Å²) in [7, 11) is 0. The van der Waals surface area contributed by atoms with E-state index in [-0.39, 0.29) is 17.9 Å². The highest BCUT2D eigenvalue weighted by atomic mass is 16.2. The Bertz CT molecular complexity index is 260. The Kier molecular flexibility index (Phi) is 5.97. The van der Waals surface area contributed by atoms with Gasteiger partial charge in [-0.05, 0) is 26.2 Å². The van der Waals surface area contributed by atoms with Crippen LogP contribution in [0.5, 0.6) is 0 Å². The van der Waals surface area contributed by atoms with E-state index in [0.717, 1.165) is 25.9 Å². The van der Waals surface area contributed by atoms with Crippen molar-refractivity contribution in [2.24, 2.45) is 5.73 Å². The Hall–Kier alpha value is -1.10. The smallest absolute Gasteiger partial charge is 0.224 e. The van der Waals surface area contributed by atoms with E-state index in [1.165, 1.54) is 0 Å². The summed E-state index contributed by atoms with van der Waals surface area (Å²) >= 11 is 0. The third-order valence-corrected chi connectivity index (χ3v) is 2.95. The van der Waals surface area contributed by atoms with Gasteiger partial charge in [0.2, 0.25) is 11.8 Å². The van der Waals surface area contributed by atoms with Gasteiger partial charge in [0.1, 0.15) is 0 Å². The van der Waals surface area contributed by atoms with Gasteiger partial charge in [0, 0.05) is 38.5 Å². The van der Waals surface area contributed by atoms with Crippen LogP contribution in [0.2, 0.25) is 0 Å². The van der Waals surface area contributed by atoms with Gasteiger partial charge in [-0.15, -0.1) is 0 Å². The molecule has 17 heavy (non-hydrogen) atoms. The van der Waals surface area contributed by atoms with Gasteiger partial charge in [-0.1, -0.05) is 0 Å². The third kappa shape index (κ3) is 5.68. The van der Waals surface area contributed by atoms with Crippen LogP contribution in [-0.2, 0) is 9.59 Å². The van der Waals surface area contributed by atoms with E-state index in [1.54, 1.807) is 0 Å². The van der Waals surface area contributed by atoms with Crippen LogP contribution < -0.4 is 11.1 Å². The van der Waals surface area contributed by atoms with Gasteiger partial charge >= 0.3 is 0 Å². The van der Waals surface area contributed by atoms with Crippen LogP contribution >= 0.6 is 0 Å². The van der Waals surface area contributed by atoms with Crippen molar-refractivity contribution >= 4 is 11.8 Å². The van der Waals surface area contributed by atoms with E-state index in [4.69, 9.17) is 5.73 Å². The molecular weight excluding hydrogens is 218 g/mol. The van der Waals surface area contributed by atoms with Crippen molar-refractivity contribution in [2.45, 2.75) is 45.1 Å². The zero-order valence-corrected chi connectivity index (χ0v) is 10.6. The molecular formula is C12H23N3O2. The molecule has 98 valence electrons. The fourth-order valence-electron chi connectivity index (χ4n) is 1.88. The number of rotatable bonds is 6. The van der Waals surface area contributed by atoms with E-state index in [2.05, 4.69) is 5.32 Å². The number of carbonyl (C=O) groups is 2. The predicted octanol–water partition coefficient (Wildman–Crippen LogP) is 0.243. The lowest BCUT2D eigenvalue weighted by Crippen LogP contribution is -2.33. The summed E-state index contributed by atoms with van der Waals surface area (Å²) in [4.78, 5) is 24.9. The first-order chi connectivity index (χ1) is 8.09. The first-order valence-electron chi connectivity index (χ1n) is 6.39. The van der Waals surface area contributed by atoms with E-state index in [9.17, 15) is 9.59 Å².